The molecule has 1 aliphatic carbocycles. The van der Waals surface area contributed by atoms with Gasteiger partial charge in [0, 0.05) is 6.20 Å². The van der Waals surface area contributed by atoms with Crippen molar-refractivity contribution in [1.29, 1.82) is 0 Å². The number of aromatic nitrogens is 1. The Labute approximate surface area is 131 Å². The molecule has 0 amide bonds. The Morgan fingerprint density at radius 2 is 1.86 bits per heavy atom. The van der Waals surface area contributed by atoms with E-state index in [1.807, 2.05) is 30.3 Å². The molecule has 0 bridgehead atoms. The first-order valence-electron chi connectivity index (χ1n) is 7.61. The fourth-order valence-corrected chi connectivity index (χ4v) is 4.14. The van der Waals surface area contributed by atoms with Gasteiger partial charge in [0.05, 0.1) is 16.6 Å². The van der Waals surface area contributed by atoms with E-state index >= 15 is 0 Å². The summed E-state index contributed by atoms with van der Waals surface area (Å²) in [6.45, 7) is 1.80. The first-order valence-corrected chi connectivity index (χ1v) is 9.10. The quantitative estimate of drug-likeness (QED) is 0.943. The molecule has 0 saturated heterocycles. The van der Waals surface area contributed by atoms with Crippen molar-refractivity contribution in [1.82, 2.24) is 9.71 Å². The Morgan fingerprint density at radius 1 is 1.09 bits per heavy atom. The highest BCUT2D eigenvalue weighted by Gasteiger charge is 2.20. The van der Waals surface area contributed by atoms with Gasteiger partial charge in [0.1, 0.15) is 0 Å². The highest BCUT2D eigenvalue weighted by Crippen LogP contribution is 2.24. The molecule has 0 saturated carbocycles. The van der Waals surface area contributed by atoms with Crippen LogP contribution in [0, 0.1) is 0 Å². The van der Waals surface area contributed by atoms with Crippen LogP contribution >= 0.6 is 0 Å². The second-order valence-corrected chi connectivity index (χ2v) is 7.45. The summed E-state index contributed by atoms with van der Waals surface area (Å²) in [5.74, 6) is 0. The maximum Gasteiger partial charge on any atom is 0.241 e. The molecule has 2 aromatic rings. The maximum absolute atomic E-state index is 12.6. The second kappa shape index (κ2) is 6.18. The van der Waals surface area contributed by atoms with E-state index in [-0.39, 0.29) is 6.04 Å². The third-order valence-electron chi connectivity index (χ3n) is 4.09. The molecule has 1 atom stereocenters. The largest absolute Gasteiger partial charge is 0.260 e. The maximum atomic E-state index is 12.6. The molecule has 22 heavy (non-hydrogen) atoms. The van der Waals surface area contributed by atoms with Gasteiger partial charge < -0.3 is 0 Å². The molecule has 0 fully saturated rings. The summed E-state index contributed by atoms with van der Waals surface area (Å²) in [6.07, 6.45) is 6.00. The van der Waals surface area contributed by atoms with Gasteiger partial charge in [-0.15, -0.1) is 0 Å². The minimum Gasteiger partial charge on any atom is -0.260 e. The zero-order chi connectivity index (χ0) is 15.6. The van der Waals surface area contributed by atoms with Crippen molar-refractivity contribution in [2.24, 2.45) is 0 Å². The van der Waals surface area contributed by atoms with Gasteiger partial charge in [-0.3, -0.25) is 4.98 Å². The Bertz CT molecular complexity index is 757. The fourth-order valence-electron chi connectivity index (χ4n) is 2.87. The van der Waals surface area contributed by atoms with Crippen LogP contribution in [0.1, 0.15) is 42.6 Å². The lowest BCUT2D eigenvalue weighted by atomic mass is 9.92. The summed E-state index contributed by atoms with van der Waals surface area (Å²) in [5, 5.41) is 0. The third kappa shape index (κ3) is 3.20. The van der Waals surface area contributed by atoms with Gasteiger partial charge in [-0.2, -0.15) is 0 Å². The van der Waals surface area contributed by atoms with E-state index in [4.69, 9.17) is 0 Å². The molecule has 0 spiro atoms. The van der Waals surface area contributed by atoms with Gasteiger partial charge >= 0.3 is 0 Å². The van der Waals surface area contributed by atoms with Gasteiger partial charge in [-0.25, -0.2) is 13.1 Å². The average molecular weight is 316 g/mol. The Kier molecular flexibility index (Phi) is 4.27. The van der Waals surface area contributed by atoms with Crippen LogP contribution in [0.15, 0.2) is 47.5 Å². The van der Waals surface area contributed by atoms with Crippen LogP contribution in [-0.2, 0) is 22.9 Å². The second-order valence-electron chi connectivity index (χ2n) is 5.74. The lowest BCUT2D eigenvalue weighted by molar-refractivity contribution is 0.563. The molecule has 4 nitrogen and oxygen atoms in total. The van der Waals surface area contributed by atoms with E-state index in [0.29, 0.717) is 10.6 Å². The van der Waals surface area contributed by atoms with Crippen LogP contribution in [0.2, 0.25) is 0 Å². The summed E-state index contributed by atoms with van der Waals surface area (Å²) >= 11 is 0. The Hall–Kier alpha value is -1.72. The predicted octanol–water partition coefficient (Wildman–Crippen LogP) is 3.00. The molecule has 1 N–H and O–H groups in total. The average Bonchev–Trinajstić information content (AvgIpc) is 2.55. The normalized spacial score (nSPS) is 16.0. The highest BCUT2D eigenvalue weighted by atomic mass is 32.2. The van der Waals surface area contributed by atoms with E-state index < -0.39 is 10.0 Å². The monoisotopic (exact) mass is 316 g/mol. The predicted molar refractivity (Wildman–Crippen MR) is 86.1 cm³/mol. The number of nitrogens with one attached hydrogen (secondary N) is 1. The molecular weight excluding hydrogens is 296 g/mol. The van der Waals surface area contributed by atoms with Crippen molar-refractivity contribution < 1.29 is 8.42 Å². The molecule has 0 unspecified atom stereocenters. The number of sulfonamides is 1. The van der Waals surface area contributed by atoms with E-state index in [1.165, 1.54) is 17.5 Å². The molecule has 0 radical (unpaired) electrons. The Morgan fingerprint density at radius 3 is 2.59 bits per heavy atom. The first kappa shape index (κ1) is 15.2. The van der Waals surface area contributed by atoms with Crippen LogP contribution in [0.3, 0.4) is 0 Å². The van der Waals surface area contributed by atoms with Crippen molar-refractivity contribution in [2.45, 2.75) is 43.5 Å². The zero-order valence-corrected chi connectivity index (χ0v) is 13.4. The summed E-state index contributed by atoms with van der Waals surface area (Å²) in [4.78, 5) is 4.54. The van der Waals surface area contributed by atoms with Gasteiger partial charge in [-0.05, 0) is 68.0 Å². The van der Waals surface area contributed by atoms with Crippen molar-refractivity contribution in [3.8, 4) is 0 Å². The van der Waals surface area contributed by atoms with Crippen LogP contribution < -0.4 is 4.72 Å². The standard InChI is InChI=1S/C17H20N2O2S/c1-13(17-8-4-5-11-18-17)19-22(20,21)16-10-9-14-6-2-3-7-15(14)12-16/h4-5,8-13,19H,2-3,6-7H2,1H3/t13-/m0/s1. The summed E-state index contributed by atoms with van der Waals surface area (Å²) in [6, 6.07) is 10.6. The SMILES string of the molecule is C[C@H](NS(=O)(=O)c1ccc2c(c1)CCCC2)c1ccccn1. The van der Waals surface area contributed by atoms with E-state index in [9.17, 15) is 8.42 Å². The minimum absolute atomic E-state index is 0.343. The number of aryl methyl sites for hydroxylation is 2. The number of nitrogens with zero attached hydrogens (tertiary/aromatic N) is 1. The van der Waals surface area contributed by atoms with Crippen LogP contribution in [0.25, 0.3) is 0 Å². The molecule has 1 aliphatic rings. The van der Waals surface area contributed by atoms with E-state index in [0.717, 1.165) is 19.3 Å². The van der Waals surface area contributed by atoms with Gasteiger partial charge in [0.2, 0.25) is 10.0 Å². The molecule has 116 valence electrons. The number of hydrogen-bond donors (Lipinski definition) is 1. The van der Waals surface area contributed by atoms with E-state index in [1.54, 1.807) is 19.2 Å². The molecule has 1 aromatic heterocycles. The molecule has 0 aliphatic heterocycles. The van der Waals surface area contributed by atoms with Crippen molar-refractivity contribution >= 4 is 10.0 Å². The summed E-state index contributed by atoms with van der Waals surface area (Å²) in [5.41, 5.74) is 3.16. The van der Waals surface area contributed by atoms with Gasteiger partial charge in [0.15, 0.2) is 0 Å². The minimum atomic E-state index is -3.53. The van der Waals surface area contributed by atoms with Crippen LogP contribution in [0.5, 0.6) is 0 Å². The highest BCUT2D eigenvalue weighted by molar-refractivity contribution is 7.89. The van der Waals surface area contributed by atoms with Gasteiger partial charge in [0.25, 0.3) is 0 Å². The third-order valence-corrected chi connectivity index (χ3v) is 5.63. The number of benzene rings is 1. The first-order chi connectivity index (χ1) is 10.6. The smallest absolute Gasteiger partial charge is 0.241 e. The lowest BCUT2D eigenvalue weighted by Gasteiger charge is -2.18. The number of pyridine rings is 1. The van der Waals surface area contributed by atoms with Crippen molar-refractivity contribution in [3.63, 3.8) is 0 Å². The Balaban J connectivity index is 1.84. The fraction of sp³-hybridized carbons (Fsp3) is 0.353. The summed E-state index contributed by atoms with van der Waals surface area (Å²) < 4.78 is 27.8. The molecule has 5 heteroatoms. The molecule has 1 heterocycles. The number of hydrogen-bond acceptors (Lipinski definition) is 3. The topological polar surface area (TPSA) is 59.1 Å². The number of fused-ring (bicyclic) bond motifs is 1. The molecular formula is C17H20N2O2S. The number of rotatable bonds is 4. The lowest BCUT2D eigenvalue weighted by Crippen LogP contribution is -2.27. The summed E-state index contributed by atoms with van der Waals surface area (Å²) in [7, 11) is -3.53. The molecule has 1 aromatic carbocycles. The van der Waals surface area contributed by atoms with Crippen molar-refractivity contribution in [3.05, 3.63) is 59.4 Å². The zero-order valence-electron chi connectivity index (χ0n) is 12.6. The van der Waals surface area contributed by atoms with Crippen LogP contribution in [-0.4, -0.2) is 13.4 Å². The van der Waals surface area contributed by atoms with Crippen molar-refractivity contribution in [2.75, 3.05) is 0 Å². The van der Waals surface area contributed by atoms with E-state index in [2.05, 4.69) is 9.71 Å². The van der Waals surface area contributed by atoms with Crippen LogP contribution in [0.4, 0.5) is 0 Å². The van der Waals surface area contributed by atoms with Gasteiger partial charge in [-0.1, -0.05) is 12.1 Å². The molecule has 3 rings (SSSR count).